The van der Waals surface area contributed by atoms with Gasteiger partial charge in [0.1, 0.15) is 5.82 Å². The molecule has 1 heterocycles. The third-order valence-corrected chi connectivity index (χ3v) is 2.59. The smallest absolute Gasteiger partial charge is 0.338 e. The van der Waals surface area contributed by atoms with Crippen LogP contribution in [-0.4, -0.2) is 21.0 Å². The van der Waals surface area contributed by atoms with Gasteiger partial charge in [-0.25, -0.2) is 14.8 Å². The van der Waals surface area contributed by atoms with E-state index in [4.69, 9.17) is 10.8 Å². The largest absolute Gasteiger partial charge is 0.478 e. The Kier molecular flexibility index (Phi) is 1.96. The van der Waals surface area contributed by atoms with Crippen LogP contribution in [0, 0.1) is 0 Å². The summed E-state index contributed by atoms with van der Waals surface area (Å²) in [7, 11) is 0. The van der Waals surface area contributed by atoms with Crippen molar-refractivity contribution < 1.29 is 9.90 Å². The van der Waals surface area contributed by atoms with Crippen LogP contribution in [0.1, 0.15) is 35.4 Å². The lowest BCUT2D eigenvalue weighted by Gasteiger charge is -2.36. The molecule has 0 spiro atoms. The number of carbonyl (C=O) groups is 1. The number of hydrogen-bond donors (Lipinski definition) is 2. The highest BCUT2D eigenvalue weighted by Crippen LogP contribution is 2.36. The van der Waals surface area contributed by atoms with Gasteiger partial charge in [0, 0.05) is 12.4 Å². The Balaban J connectivity index is 2.25. The van der Waals surface area contributed by atoms with Gasteiger partial charge in [0.25, 0.3) is 0 Å². The highest BCUT2D eigenvalue weighted by Gasteiger charge is 2.37. The second-order valence-corrected chi connectivity index (χ2v) is 3.61. The molecule has 2 rings (SSSR count). The summed E-state index contributed by atoms with van der Waals surface area (Å²) in [6.45, 7) is 0. The Bertz CT molecular complexity index is 357. The van der Waals surface area contributed by atoms with Gasteiger partial charge >= 0.3 is 5.97 Å². The van der Waals surface area contributed by atoms with Crippen molar-refractivity contribution in [1.29, 1.82) is 0 Å². The first-order valence-electron chi connectivity index (χ1n) is 4.46. The Morgan fingerprint density at radius 3 is 2.36 bits per heavy atom. The van der Waals surface area contributed by atoms with Crippen LogP contribution in [-0.2, 0) is 5.54 Å². The monoisotopic (exact) mass is 193 g/mol. The van der Waals surface area contributed by atoms with Gasteiger partial charge in [-0.05, 0) is 19.3 Å². The average Bonchev–Trinajstić information content (AvgIpc) is 2.14. The molecule has 1 aromatic heterocycles. The molecular weight excluding hydrogens is 182 g/mol. The van der Waals surface area contributed by atoms with Gasteiger partial charge < -0.3 is 10.8 Å². The fourth-order valence-electron chi connectivity index (χ4n) is 1.48. The molecule has 1 aliphatic rings. The van der Waals surface area contributed by atoms with Crippen LogP contribution in [0.25, 0.3) is 0 Å². The zero-order valence-electron chi connectivity index (χ0n) is 7.60. The molecule has 0 aliphatic heterocycles. The fraction of sp³-hybridized carbons (Fsp3) is 0.444. The van der Waals surface area contributed by atoms with Gasteiger partial charge in [0.2, 0.25) is 0 Å². The van der Waals surface area contributed by atoms with E-state index in [1.807, 2.05) is 0 Å². The topological polar surface area (TPSA) is 89.1 Å². The predicted molar refractivity (Wildman–Crippen MR) is 48.7 cm³/mol. The molecule has 5 heteroatoms. The van der Waals surface area contributed by atoms with E-state index in [-0.39, 0.29) is 5.56 Å². The number of aromatic nitrogens is 2. The first kappa shape index (κ1) is 9.08. The van der Waals surface area contributed by atoms with Crippen molar-refractivity contribution in [1.82, 2.24) is 9.97 Å². The number of carboxylic acids is 1. The number of hydrogen-bond acceptors (Lipinski definition) is 4. The van der Waals surface area contributed by atoms with Crippen LogP contribution in [0.2, 0.25) is 0 Å². The van der Waals surface area contributed by atoms with E-state index >= 15 is 0 Å². The maximum atomic E-state index is 10.5. The summed E-state index contributed by atoms with van der Waals surface area (Å²) in [5.41, 5.74) is 5.65. The van der Waals surface area contributed by atoms with E-state index in [0.717, 1.165) is 19.3 Å². The van der Waals surface area contributed by atoms with E-state index in [1.54, 1.807) is 0 Å². The van der Waals surface area contributed by atoms with Crippen LogP contribution >= 0.6 is 0 Å². The Morgan fingerprint density at radius 1 is 1.43 bits per heavy atom. The summed E-state index contributed by atoms with van der Waals surface area (Å²) in [6.07, 6.45) is 5.44. The van der Waals surface area contributed by atoms with Gasteiger partial charge in [-0.2, -0.15) is 0 Å². The average molecular weight is 193 g/mol. The summed E-state index contributed by atoms with van der Waals surface area (Å²) >= 11 is 0. The lowest BCUT2D eigenvalue weighted by atomic mass is 9.77. The molecule has 5 nitrogen and oxygen atoms in total. The van der Waals surface area contributed by atoms with Crippen molar-refractivity contribution in [2.45, 2.75) is 24.8 Å². The Labute approximate surface area is 81.0 Å². The maximum absolute atomic E-state index is 10.5. The number of carboxylic acid groups (broad SMARTS) is 1. The third-order valence-electron chi connectivity index (χ3n) is 2.59. The molecule has 0 atom stereocenters. The molecule has 0 aromatic carbocycles. The molecule has 1 fully saturated rings. The minimum atomic E-state index is -1.02. The fourth-order valence-corrected chi connectivity index (χ4v) is 1.48. The molecule has 0 unspecified atom stereocenters. The zero-order valence-corrected chi connectivity index (χ0v) is 7.60. The normalized spacial score (nSPS) is 18.6. The van der Waals surface area contributed by atoms with E-state index in [9.17, 15) is 4.79 Å². The van der Waals surface area contributed by atoms with Crippen LogP contribution in [0.5, 0.6) is 0 Å². The van der Waals surface area contributed by atoms with Gasteiger partial charge in [0.15, 0.2) is 0 Å². The second kappa shape index (κ2) is 3.02. The summed E-state index contributed by atoms with van der Waals surface area (Å²) in [4.78, 5) is 18.5. The molecular formula is C9H11N3O2. The minimum absolute atomic E-state index is 0.0941. The highest BCUT2D eigenvalue weighted by molar-refractivity contribution is 5.86. The summed E-state index contributed by atoms with van der Waals surface area (Å²) in [5, 5.41) is 8.64. The summed E-state index contributed by atoms with van der Waals surface area (Å²) in [6, 6.07) is 0. The standard InChI is InChI=1S/C9H11N3O2/c10-9(2-1-3-9)8-11-4-6(5-12-8)7(13)14/h4-5H,1-3,10H2,(H,13,14). The lowest BCUT2D eigenvalue weighted by molar-refractivity contribution is 0.0695. The van der Waals surface area contributed by atoms with Gasteiger partial charge in [-0.1, -0.05) is 0 Å². The first-order chi connectivity index (χ1) is 6.62. The third kappa shape index (κ3) is 1.35. The molecule has 0 saturated heterocycles. The van der Waals surface area contributed by atoms with E-state index in [1.165, 1.54) is 12.4 Å². The van der Waals surface area contributed by atoms with E-state index in [0.29, 0.717) is 5.82 Å². The van der Waals surface area contributed by atoms with Crippen molar-refractivity contribution in [3.63, 3.8) is 0 Å². The van der Waals surface area contributed by atoms with Crippen LogP contribution in [0.15, 0.2) is 12.4 Å². The molecule has 0 amide bonds. The van der Waals surface area contributed by atoms with Crippen molar-refractivity contribution >= 4 is 5.97 Å². The van der Waals surface area contributed by atoms with Crippen LogP contribution < -0.4 is 5.73 Å². The summed E-state index contributed by atoms with van der Waals surface area (Å²) in [5.74, 6) is -0.468. The SMILES string of the molecule is NC1(c2ncc(C(=O)O)cn2)CCC1. The molecule has 1 saturated carbocycles. The van der Waals surface area contributed by atoms with Crippen molar-refractivity contribution in [2.24, 2.45) is 5.73 Å². The molecule has 3 N–H and O–H groups in total. The molecule has 74 valence electrons. The number of rotatable bonds is 2. The van der Waals surface area contributed by atoms with E-state index in [2.05, 4.69) is 9.97 Å². The maximum Gasteiger partial charge on any atom is 0.338 e. The van der Waals surface area contributed by atoms with Crippen LogP contribution in [0.3, 0.4) is 0 Å². The number of aromatic carboxylic acids is 1. The van der Waals surface area contributed by atoms with Crippen molar-refractivity contribution in [2.75, 3.05) is 0 Å². The quantitative estimate of drug-likeness (QED) is 0.714. The van der Waals surface area contributed by atoms with Crippen LogP contribution in [0.4, 0.5) is 0 Å². The molecule has 0 bridgehead atoms. The van der Waals surface area contributed by atoms with E-state index < -0.39 is 11.5 Å². The Hall–Kier alpha value is -1.49. The van der Waals surface area contributed by atoms with Crippen molar-refractivity contribution in [3.8, 4) is 0 Å². The molecule has 0 radical (unpaired) electrons. The van der Waals surface area contributed by atoms with Gasteiger partial charge in [-0.15, -0.1) is 0 Å². The lowest BCUT2D eigenvalue weighted by Crippen LogP contribution is -2.44. The highest BCUT2D eigenvalue weighted by atomic mass is 16.4. The molecule has 1 aromatic rings. The zero-order chi connectivity index (χ0) is 10.2. The van der Waals surface area contributed by atoms with Crippen molar-refractivity contribution in [3.05, 3.63) is 23.8 Å². The summed E-state index contributed by atoms with van der Waals surface area (Å²) < 4.78 is 0. The first-order valence-corrected chi connectivity index (χ1v) is 4.46. The molecule has 1 aliphatic carbocycles. The predicted octanol–water partition coefficient (Wildman–Crippen LogP) is 0.513. The number of nitrogens with two attached hydrogens (primary N) is 1. The Morgan fingerprint density at radius 2 is 2.00 bits per heavy atom. The minimum Gasteiger partial charge on any atom is -0.478 e. The molecule has 14 heavy (non-hydrogen) atoms. The van der Waals surface area contributed by atoms with Gasteiger partial charge in [0.05, 0.1) is 11.1 Å². The van der Waals surface area contributed by atoms with Gasteiger partial charge in [-0.3, -0.25) is 0 Å². The number of nitrogens with zero attached hydrogens (tertiary/aromatic N) is 2. The second-order valence-electron chi connectivity index (χ2n) is 3.61.